The molecule has 0 saturated heterocycles. The molecule has 22 heavy (non-hydrogen) atoms. The maximum Gasteiger partial charge on any atom is 0.261 e. The highest BCUT2D eigenvalue weighted by molar-refractivity contribution is 7.92. The van der Waals surface area contributed by atoms with E-state index in [4.69, 9.17) is 5.26 Å². The average molecular weight is 315 g/mol. The van der Waals surface area contributed by atoms with Gasteiger partial charge in [-0.1, -0.05) is 12.1 Å². The molecule has 0 spiro atoms. The third-order valence-electron chi connectivity index (χ3n) is 2.78. The van der Waals surface area contributed by atoms with Gasteiger partial charge < -0.3 is 5.32 Å². The van der Waals surface area contributed by atoms with Crippen LogP contribution in [0.1, 0.15) is 12.5 Å². The summed E-state index contributed by atoms with van der Waals surface area (Å²) in [5.41, 5.74) is 0.959. The Labute approximate surface area is 128 Å². The van der Waals surface area contributed by atoms with Crippen LogP contribution in [0.3, 0.4) is 0 Å². The van der Waals surface area contributed by atoms with Crippen molar-refractivity contribution in [1.29, 1.82) is 5.26 Å². The summed E-state index contributed by atoms with van der Waals surface area (Å²) in [7, 11) is -3.80. The lowest BCUT2D eigenvalue weighted by molar-refractivity contribution is -0.114. The molecule has 6 nitrogen and oxygen atoms in total. The summed E-state index contributed by atoms with van der Waals surface area (Å²) in [6.45, 7) is 1.37. The number of amides is 1. The molecular weight excluding hydrogens is 302 g/mol. The molecule has 0 bridgehead atoms. The molecule has 2 aromatic rings. The molecule has 0 heterocycles. The number of nitrogens with zero attached hydrogens (tertiary/aromatic N) is 1. The van der Waals surface area contributed by atoms with E-state index in [1.165, 1.54) is 43.3 Å². The van der Waals surface area contributed by atoms with E-state index in [-0.39, 0.29) is 22.1 Å². The van der Waals surface area contributed by atoms with Crippen molar-refractivity contribution >= 4 is 27.3 Å². The summed E-state index contributed by atoms with van der Waals surface area (Å²) < 4.78 is 27.0. The Morgan fingerprint density at radius 1 is 1.09 bits per heavy atom. The molecule has 0 aliphatic heterocycles. The number of nitrogens with one attached hydrogen (secondary N) is 2. The van der Waals surface area contributed by atoms with Crippen LogP contribution in [-0.4, -0.2) is 14.3 Å². The summed E-state index contributed by atoms with van der Waals surface area (Å²) in [5.74, 6) is -0.239. The summed E-state index contributed by atoms with van der Waals surface area (Å²) in [6.07, 6.45) is 0. The van der Waals surface area contributed by atoms with Crippen molar-refractivity contribution in [3.05, 3.63) is 54.1 Å². The molecule has 7 heteroatoms. The molecule has 1 amide bonds. The first-order valence-electron chi connectivity index (χ1n) is 6.32. The van der Waals surface area contributed by atoms with Crippen LogP contribution in [0.5, 0.6) is 0 Å². The monoisotopic (exact) mass is 315 g/mol. The van der Waals surface area contributed by atoms with Crippen LogP contribution < -0.4 is 10.0 Å². The number of nitriles is 1. The van der Waals surface area contributed by atoms with E-state index in [0.29, 0.717) is 5.69 Å². The van der Waals surface area contributed by atoms with Crippen molar-refractivity contribution in [3.8, 4) is 6.07 Å². The number of para-hydroxylation sites is 1. The van der Waals surface area contributed by atoms with Gasteiger partial charge in [-0.3, -0.25) is 9.52 Å². The van der Waals surface area contributed by atoms with Gasteiger partial charge in [0, 0.05) is 12.6 Å². The maximum atomic E-state index is 12.3. The van der Waals surface area contributed by atoms with Crippen molar-refractivity contribution in [2.45, 2.75) is 11.8 Å². The van der Waals surface area contributed by atoms with Gasteiger partial charge in [-0.25, -0.2) is 8.42 Å². The first kappa shape index (κ1) is 15.5. The predicted octanol–water partition coefficient (Wildman–Crippen LogP) is 2.32. The zero-order valence-corrected chi connectivity index (χ0v) is 12.5. The van der Waals surface area contributed by atoms with Crippen LogP contribution >= 0.6 is 0 Å². The van der Waals surface area contributed by atoms with Gasteiger partial charge in [-0.05, 0) is 36.4 Å². The standard InChI is InChI=1S/C15H13N3O3S/c1-11(19)17-13-6-8-14(9-7-13)22(20,21)18-15-5-3-2-4-12(15)10-16/h2-9,18H,1H3,(H,17,19). The number of rotatable bonds is 4. The molecule has 0 fully saturated rings. The SMILES string of the molecule is CC(=O)Nc1ccc(S(=O)(=O)Nc2ccccc2C#N)cc1. The van der Waals surface area contributed by atoms with Crippen LogP contribution in [0, 0.1) is 11.3 Å². The van der Waals surface area contributed by atoms with E-state index in [1.807, 2.05) is 6.07 Å². The Hall–Kier alpha value is -2.85. The van der Waals surface area contributed by atoms with Gasteiger partial charge in [0.25, 0.3) is 10.0 Å². The van der Waals surface area contributed by atoms with E-state index in [1.54, 1.807) is 12.1 Å². The molecule has 112 valence electrons. The minimum atomic E-state index is -3.80. The second kappa shape index (κ2) is 6.28. The predicted molar refractivity (Wildman–Crippen MR) is 82.7 cm³/mol. The number of hydrogen-bond donors (Lipinski definition) is 2. The van der Waals surface area contributed by atoms with Crippen LogP contribution in [0.15, 0.2) is 53.4 Å². The summed E-state index contributed by atoms with van der Waals surface area (Å²) in [6, 6.07) is 14.0. The number of benzene rings is 2. The lowest BCUT2D eigenvalue weighted by Gasteiger charge is -2.10. The molecule has 0 unspecified atom stereocenters. The van der Waals surface area contributed by atoms with Crippen molar-refractivity contribution in [3.63, 3.8) is 0 Å². The first-order valence-corrected chi connectivity index (χ1v) is 7.80. The molecule has 0 atom stereocenters. The van der Waals surface area contributed by atoms with Gasteiger partial charge in [-0.2, -0.15) is 5.26 Å². The molecule has 0 aromatic heterocycles. The lowest BCUT2D eigenvalue weighted by Crippen LogP contribution is -2.14. The Bertz CT molecular complexity index is 837. The van der Waals surface area contributed by atoms with Crippen molar-refractivity contribution in [2.24, 2.45) is 0 Å². The Balaban J connectivity index is 2.27. The van der Waals surface area contributed by atoms with Crippen LogP contribution in [0.4, 0.5) is 11.4 Å². The second-order valence-electron chi connectivity index (χ2n) is 4.47. The molecular formula is C15H13N3O3S. The Morgan fingerprint density at radius 2 is 1.73 bits per heavy atom. The third kappa shape index (κ3) is 3.62. The van der Waals surface area contributed by atoms with E-state index in [2.05, 4.69) is 10.0 Å². The maximum absolute atomic E-state index is 12.3. The van der Waals surface area contributed by atoms with Gasteiger partial charge in [0.1, 0.15) is 6.07 Å². The minimum absolute atomic E-state index is 0.0364. The fourth-order valence-corrected chi connectivity index (χ4v) is 2.87. The zero-order valence-electron chi connectivity index (χ0n) is 11.7. The molecule has 0 radical (unpaired) electrons. The number of anilines is 2. The first-order chi connectivity index (χ1) is 10.4. The minimum Gasteiger partial charge on any atom is -0.326 e. The Kier molecular flexibility index (Phi) is 4.44. The van der Waals surface area contributed by atoms with E-state index in [0.717, 1.165) is 0 Å². The summed E-state index contributed by atoms with van der Waals surface area (Å²) in [5, 5.41) is 11.5. The fraction of sp³-hybridized carbons (Fsp3) is 0.0667. The van der Waals surface area contributed by atoms with Gasteiger partial charge in [0.15, 0.2) is 0 Å². The van der Waals surface area contributed by atoms with Gasteiger partial charge >= 0.3 is 0 Å². The molecule has 0 saturated carbocycles. The highest BCUT2D eigenvalue weighted by Crippen LogP contribution is 2.20. The number of hydrogen-bond acceptors (Lipinski definition) is 4. The summed E-state index contributed by atoms with van der Waals surface area (Å²) in [4.78, 5) is 11.0. The van der Waals surface area contributed by atoms with E-state index < -0.39 is 10.0 Å². The summed E-state index contributed by atoms with van der Waals surface area (Å²) >= 11 is 0. The van der Waals surface area contributed by atoms with Crippen molar-refractivity contribution in [2.75, 3.05) is 10.0 Å². The smallest absolute Gasteiger partial charge is 0.261 e. The quantitative estimate of drug-likeness (QED) is 0.904. The topological polar surface area (TPSA) is 99.1 Å². The zero-order chi connectivity index (χ0) is 16.2. The van der Waals surface area contributed by atoms with Crippen LogP contribution in [0.2, 0.25) is 0 Å². The molecule has 0 aliphatic carbocycles. The van der Waals surface area contributed by atoms with Crippen LogP contribution in [0.25, 0.3) is 0 Å². The molecule has 2 aromatic carbocycles. The fourth-order valence-electron chi connectivity index (χ4n) is 1.79. The third-order valence-corrected chi connectivity index (χ3v) is 4.16. The van der Waals surface area contributed by atoms with Crippen molar-refractivity contribution in [1.82, 2.24) is 0 Å². The number of sulfonamides is 1. The normalized spacial score (nSPS) is 10.5. The largest absolute Gasteiger partial charge is 0.326 e. The van der Waals surface area contributed by atoms with Gasteiger partial charge in [0.05, 0.1) is 16.1 Å². The highest BCUT2D eigenvalue weighted by atomic mass is 32.2. The van der Waals surface area contributed by atoms with E-state index >= 15 is 0 Å². The molecule has 2 N–H and O–H groups in total. The number of carbonyl (C=O) groups excluding carboxylic acids is 1. The second-order valence-corrected chi connectivity index (χ2v) is 6.15. The highest BCUT2D eigenvalue weighted by Gasteiger charge is 2.15. The Morgan fingerprint density at radius 3 is 2.32 bits per heavy atom. The van der Waals surface area contributed by atoms with Crippen LogP contribution in [-0.2, 0) is 14.8 Å². The number of carbonyl (C=O) groups is 1. The van der Waals surface area contributed by atoms with Gasteiger partial charge in [0.2, 0.25) is 5.91 Å². The lowest BCUT2D eigenvalue weighted by atomic mass is 10.2. The molecule has 0 aliphatic rings. The molecule has 2 rings (SSSR count). The average Bonchev–Trinajstić information content (AvgIpc) is 2.47. The van der Waals surface area contributed by atoms with E-state index in [9.17, 15) is 13.2 Å². The van der Waals surface area contributed by atoms with Gasteiger partial charge in [-0.15, -0.1) is 0 Å². The van der Waals surface area contributed by atoms with Crippen molar-refractivity contribution < 1.29 is 13.2 Å².